The van der Waals surface area contributed by atoms with Gasteiger partial charge in [0.05, 0.1) is 12.5 Å². The molecule has 18 heavy (non-hydrogen) atoms. The first kappa shape index (κ1) is 14.3. The smallest absolute Gasteiger partial charge is 0.462 e. The molecule has 1 N–H and O–H groups in total. The van der Waals surface area contributed by atoms with Gasteiger partial charge in [0.1, 0.15) is 5.76 Å². The lowest BCUT2D eigenvalue weighted by Crippen LogP contribution is -2.58. The molecule has 1 heterocycles. The first-order valence-corrected chi connectivity index (χ1v) is 4.24. The molecule has 0 bridgehead atoms. The number of halogens is 7. The van der Waals surface area contributed by atoms with Gasteiger partial charge in [-0.15, -0.1) is 0 Å². The Morgan fingerprint density at radius 1 is 1.11 bits per heavy atom. The molecule has 102 valence electrons. The van der Waals surface area contributed by atoms with Crippen molar-refractivity contribution in [3.63, 3.8) is 0 Å². The third-order valence-electron chi connectivity index (χ3n) is 1.69. The van der Waals surface area contributed by atoms with Gasteiger partial charge in [-0.25, -0.2) is 5.43 Å². The van der Waals surface area contributed by atoms with Crippen molar-refractivity contribution in [2.24, 2.45) is 5.10 Å². The standard InChI is InChI=1S/C8H5F7N2O/c9-6(10,7(11,12)13)8(14,15)17-16-4-5-2-1-3-18-5/h1-4,17H/b16-4+. The SMILES string of the molecule is FC(F)(F)C(F)(F)C(F)(F)N/N=C/c1ccco1. The van der Waals surface area contributed by atoms with Gasteiger partial charge < -0.3 is 4.42 Å². The average Bonchev–Trinajstić information content (AvgIpc) is 2.68. The summed E-state index contributed by atoms with van der Waals surface area (Å²) in [6.45, 7) is 0. The van der Waals surface area contributed by atoms with E-state index >= 15 is 0 Å². The van der Waals surface area contributed by atoms with Gasteiger partial charge >= 0.3 is 18.1 Å². The second-order valence-corrected chi connectivity index (χ2v) is 3.03. The van der Waals surface area contributed by atoms with Crippen LogP contribution in [0.15, 0.2) is 27.9 Å². The van der Waals surface area contributed by atoms with E-state index in [-0.39, 0.29) is 5.76 Å². The monoisotopic (exact) mass is 278 g/mol. The van der Waals surface area contributed by atoms with Crippen LogP contribution in [0.1, 0.15) is 5.76 Å². The van der Waals surface area contributed by atoms with E-state index in [1.165, 1.54) is 12.1 Å². The summed E-state index contributed by atoms with van der Waals surface area (Å²) in [5, 5.41) is 2.57. The molecular weight excluding hydrogens is 273 g/mol. The quantitative estimate of drug-likeness (QED) is 0.398. The van der Waals surface area contributed by atoms with Gasteiger partial charge in [-0.1, -0.05) is 0 Å². The van der Waals surface area contributed by atoms with Crippen LogP contribution in [0.3, 0.4) is 0 Å². The van der Waals surface area contributed by atoms with E-state index in [0.717, 1.165) is 6.26 Å². The molecular formula is C8H5F7N2O. The van der Waals surface area contributed by atoms with Gasteiger partial charge in [0, 0.05) is 0 Å². The maximum atomic E-state index is 12.6. The van der Waals surface area contributed by atoms with E-state index in [0.29, 0.717) is 11.6 Å². The van der Waals surface area contributed by atoms with Gasteiger partial charge in [0.25, 0.3) is 0 Å². The molecule has 3 nitrogen and oxygen atoms in total. The molecule has 0 aliphatic heterocycles. The van der Waals surface area contributed by atoms with Crippen LogP contribution in [0, 0.1) is 0 Å². The zero-order valence-electron chi connectivity index (χ0n) is 8.31. The maximum absolute atomic E-state index is 12.6. The van der Waals surface area contributed by atoms with Crippen LogP contribution in [0.4, 0.5) is 30.7 Å². The lowest BCUT2D eigenvalue weighted by Gasteiger charge is -2.27. The Hall–Kier alpha value is -1.74. The van der Waals surface area contributed by atoms with Crippen molar-refractivity contribution >= 4 is 6.21 Å². The molecule has 0 radical (unpaired) electrons. The van der Waals surface area contributed by atoms with E-state index in [9.17, 15) is 30.7 Å². The Labute approximate surface area is 95.3 Å². The Bertz CT molecular complexity index is 410. The third-order valence-corrected chi connectivity index (χ3v) is 1.69. The average molecular weight is 278 g/mol. The highest BCUT2D eigenvalue weighted by atomic mass is 19.4. The molecule has 0 aromatic carbocycles. The number of nitrogens with zero attached hydrogens (tertiary/aromatic N) is 1. The molecule has 1 rings (SSSR count). The van der Waals surface area contributed by atoms with Crippen LogP contribution in [0.5, 0.6) is 0 Å². The molecule has 1 aromatic heterocycles. The number of hydrogen-bond donors (Lipinski definition) is 1. The zero-order chi connectivity index (χ0) is 14.0. The molecule has 10 heteroatoms. The van der Waals surface area contributed by atoms with Crippen molar-refractivity contribution in [1.82, 2.24) is 5.43 Å². The molecule has 0 atom stereocenters. The summed E-state index contributed by atoms with van der Waals surface area (Å²) >= 11 is 0. The number of hydrogen-bond acceptors (Lipinski definition) is 3. The van der Waals surface area contributed by atoms with E-state index in [2.05, 4.69) is 9.52 Å². The van der Waals surface area contributed by atoms with Crippen molar-refractivity contribution in [3.8, 4) is 0 Å². The first-order valence-electron chi connectivity index (χ1n) is 4.24. The van der Waals surface area contributed by atoms with Crippen LogP contribution in [-0.2, 0) is 0 Å². The summed E-state index contributed by atoms with van der Waals surface area (Å²) in [5.41, 5.74) is 0.450. The van der Waals surface area contributed by atoms with Crippen molar-refractivity contribution in [3.05, 3.63) is 24.2 Å². The molecule has 0 saturated carbocycles. The molecule has 0 amide bonds. The summed E-state index contributed by atoms with van der Waals surface area (Å²) in [4.78, 5) is 0. The van der Waals surface area contributed by atoms with Crippen molar-refractivity contribution < 1.29 is 35.2 Å². The molecule has 0 aliphatic rings. The van der Waals surface area contributed by atoms with Gasteiger partial charge in [-0.05, 0) is 12.1 Å². The number of rotatable bonds is 4. The number of alkyl halides is 7. The zero-order valence-corrected chi connectivity index (χ0v) is 8.31. The van der Waals surface area contributed by atoms with E-state index in [4.69, 9.17) is 0 Å². The second-order valence-electron chi connectivity index (χ2n) is 3.03. The minimum Gasteiger partial charge on any atom is -0.463 e. The van der Waals surface area contributed by atoms with Gasteiger partial charge in [-0.2, -0.15) is 35.8 Å². The molecule has 1 aromatic rings. The predicted molar refractivity (Wildman–Crippen MR) is 45.4 cm³/mol. The lowest BCUT2D eigenvalue weighted by atomic mass is 10.3. The normalized spacial score (nSPS) is 14.2. The van der Waals surface area contributed by atoms with E-state index in [1.807, 2.05) is 0 Å². The van der Waals surface area contributed by atoms with Gasteiger partial charge in [-0.3, -0.25) is 0 Å². The predicted octanol–water partition coefficient (Wildman–Crippen LogP) is 2.99. The summed E-state index contributed by atoms with van der Waals surface area (Å²) in [7, 11) is 0. The third kappa shape index (κ3) is 2.74. The fourth-order valence-corrected chi connectivity index (χ4v) is 0.790. The Morgan fingerprint density at radius 2 is 1.72 bits per heavy atom. The Kier molecular flexibility index (Phi) is 3.58. The molecule has 0 saturated heterocycles. The van der Waals surface area contributed by atoms with Crippen LogP contribution in [0.2, 0.25) is 0 Å². The number of hydrazone groups is 1. The topological polar surface area (TPSA) is 37.5 Å². The minimum atomic E-state index is -6.40. The van der Waals surface area contributed by atoms with Crippen LogP contribution >= 0.6 is 0 Å². The van der Waals surface area contributed by atoms with E-state index < -0.39 is 18.1 Å². The fourth-order valence-electron chi connectivity index (χ4n) is 0.790. The minimum absolute atomic E-state index is 0.103. The summed E-state index contributed by atoms with van der Waals surface area (Å²) < 4.78 is 89.5. The van der Waals surface area contributed by atoms with Crippen molar-refractivity contribution in [2.75, 3.05) is 0 Å². The van der Waals surface area contributed by atoms with Gasteiger partial charge in [0.2, 0.25) is 0 Å². The molecule has 0 fully saturated rings. The van der Waals surface area contributed by atoms with E-state index in [1.54, 1.807) is 0 Å². The van der Waals surface area contributed by atoms with Crippen LogP contribution in [0.25, 0.3) is 0 Å². The molecule has 0 aliphatic carbocycles. The largest absolute Gasteiger partial charge is 0.463 e. The van der Waals surface area contributed by atoms with Gasteiger partial charge in [0.15, 0.2) is 0 Å². The Balaban J connectivity index is 2.76. The molecule has 0 spiro atoms. The highest BCUT2D eigenvalue weighted by molar-refractivity contribution is 5.75. The van der Waals surface area contributed by atoms with Crippen molar-refractivity contribution in [1.29, 1.82) is 0 Å². The first-order chi connectivity index (χ1) is 8.08. The van der Waals surface area contributed by atoms with Crippen LogP contribution < -0.4 is 5.43 Å². The Morgan fingerprint density at radius 3 is 2.17 bits per heavy atom. The molecule has 0 unspecified atom stereocenters. The van der Waals surface area contributed by atoms with Crippen LogP contribution in [-0.4, -0.2) is 24.4 Å². The highest BCUT2D eigenvalue weighted by Crippen LogP contribution is 2.44. The fraction of sp³-hybridized carbons (Fsp3) is 0.375. The highest BCUT2D eigenvalue weighted by Gasteiger charge is 2.73. The number of nitrogens with one attached hydrogen (secondary N) is 1. The summed E-state index contributed by atoms with van der Waals surface area (Å²) in [6.07, 6.45) is -4.74. The second kappa shape index (κ2) is 4.50. The lowest BCUT2D eigenvalue weighted by molar-refractivity contribution is -0.361. The van der Waals surface area contributed by atoms with Crippen molar-refractivity contribution in [2.45, 2.75) is 18.1 Å². The summed E-state index contributed by atoms with van der Waals surface area (Å²) in [6, 6.07) is -3.01. The summed E-state index contributed by atoms with van der Waals surface area (Å²) in [5.74, 6) is -6.35. The maximum Gasteiger partial charge on any atom is 0.462 e. The number of furan rings is 1.